The first-order valence-electron chi connectivity index (χ1n) is 7.18. The quantitative estimate of drug-likeness (QED) is 0.634. The fourth-order valence-corrected chi connectivity index (χ4v) is 3.19. The van der Waals surface area contributed by atoms with Crippen molar-refractivity contribution in [3.8, 4) is 0 Å². The van der Waals surface area contributed by atoms with Crippen LogP contribution in [-0.4, -0.2) is 9.55 Å². The number of halogens is 1. The Morgan fingerprint density at radius 2 is 1.81 bits per heavy atom. The first-order valence-corrected chi connectivity index (χ1v) is 7.56. The second-order valence-corrected chi connectivity index (χ2v) is 6.13. The van der Waals surface area contributed by atoms with Crippen molar-refractivity contribution in [1.29, 1.82) is 0 Å². The summed E-state index contributed by atoms with van der Waals surface area (Å²) in [7, 11) is 0. The minimum atomic E-state index is 0.230. The van der Waals surface area contributed by atoms with E-state index in [0.717, 1.165) is 21.9 Å². The number of hydrogen-bond acceptors (Lipinski definition) is 1. The fourth-order valence-electron chi connectivity index (χ4n) is 3.02. The summed E-state index contributed by atoms with van der Waals surface area (Å²) in [5, 5.41) is 0.747. The van der Waals surface area contributed by atoms with Gasteiger partial charge in [0.15, 0.2) is 0 Å². The van der Waals surface area contributed by atoms with E-state index in [4.69, 9.17) is 11.6 Å². The smallest absolute Gasteiger partial charge is 0.107 e. The van der Waals surface area contributed by atoms with Crippen LogP contribution in [0.3, 0.4) is 0 Å². The Morgan fingerprint density at radius 1 is 1.05 bits per heavy atom. The Bertz CT molecular complexity index is 817. The molecule has 0 spiro atoms. The molecule has 2 nitrogen and oxygen atoms in total. The topological polar surface area (TPSA) is 17.8 Å². The molecule has 0 aliphatic rings. The molecule has 0 aliphatic carbocycles. The summed E-state index contributed by atoms with van der Waals surface area (Å²) in [6, 6.07) is 12.7. The zero-order valence-electron chi connectivity index (χ0n) is 12.8. The molecule has 3 aromatic rings. The zero-order chi connectivity index (χ0) is 15.1. The summed E-state index contributed by atoms with van der Waals surface area (Å²) in [5.74, 6) is 1.01. The van der Waals surface area contributed by atoms with E-state index in [1.807, 2.05) is 18.2 Å². The van der Waals surface area contributed by atoms with Gasteiger partial charge in [-0.15, -0.1) is 0 Å². The number of rotatable bonds is 2. The van der Waals surface area contributed by atoms with Gasteiger partial charge in [0, 0.05) is 5.02 Å². The molecule has 0 bridgehead atoms. The number of benzene rings is 2. The molecule has 21 heavy (non-hydrogen) atoms. The highest BCUT2D eigenvalue weighted by molar-refractivity contribution is 6.31. The van der Waals surface area contributed by atoms with Crippen molar-refractivity contribution >= 4 is 22.6 Å². The summed E-state index contributed by atoms with van der Waals surface area (Å²) in [6.45, 7) is 8.56. The van der Waals surface area contributed by atoms with Crippen molar-refractivity contribution in [1.82, 2.24) is 9.55 Å². The van der Waals surface area contributed by atoms with Crippen LogP contribution in [0.15, 0.2) is 36.4 Å². The lowest BCUT2D eigenvalue weighted by molar-refractivity contribution is 0.633. The molecule has 108 valence electrons. The van der Waals surface area contributed by atoms with Gasteiger partial charge in [0.1, 0.15) is 5.82 Å². The Labute approximate surface area is 130 Å². The van der Waals surface area contributed by atoms with E-state index in [1.165, 1.54) is 16.7 Å². The first-order chi connectivity index (χ1) is 9.97. The highest BCUT2D eigenvalue weighted by Crippen LogP contribution is 2.29. The van der Waals surface area contributed by atoms with Crippen LogP contribution in [0.1, 0.15) is 35.5 Å². The largest absolute Gasteiger partial charge is 0.321 e. The molecule has 2 aromatic carbocycles. The van der Waals surface area contributed by atoms with Gasteiger partial charge < -0.3 is 4.57 Å². The van der Waals surface area contributed by atoms with Crippen LogP contribution < -0.4 is 0 Å². The molecule has 3 heteroatoms. The molecule has 0 aliphatic heterocycles. The van der Waals surface area contributed by atoms with Crippen LogP contribution in [0.2, 0.25) is 5.02 Å². The van der Waals surface area contributed by atoms with Gasteiger partial charge in [0.25, 0.3) is 0 Å². The summed E-state index contributed by atoms with van der Waals surface area (Å²) >= 11 is 6.17. The zero-order valence-corrected chi connectivity index (χ0v) is 13.6. The van der Waals surface area contributed by atoms with Gasteiger partial charge in [-0.1, -0.05) is 35.4 Å². The third kappa shape index (κ3) is 2.44. The number of aromatic nitrogens is 2. The Morgan fingerprint density at radius 3 is 2.57 bits per heavy atom. The molecule has 0 radical (unpaired) electrons. The van der Waals surface area contributed by atoms with Crippen molar-refractivity contribution in [2.45, 2.75) is 33.7 Å². The van der Waals surface area contributed by atoms with Crippen LogP contribution in [0.25, 0.3) is 11.0 Å². The monoisotopic (exact) mass is 298 g/mol. The van der Waals surface area contributed by atoms with Gasteiger partial charge >= 0.3 is 0 Å². The van der Waals surface area contributed by atoms with Gasteiger partial charge in [-0.25, -0.2) is 4.98 Å². The maximum atomic E-state index is 6.17. The molecule has 1 heterocycles. The summed E-state index contributed by atoms with van der Waals surface area (Å²) in [6.07, 6.45) is 0. The van der Waals surface area contributed by atoms with Crippen LogP contribution in [0.5, 0.6) is 0 Å². The van der Waals surface area contributed by atoms with Crippen LogP contribution in [-0.2, 0) is 0 Å². The third-order valence-corrected chi connectivity index (χ3v) is 4.34. The minimum Gasteiger partial charge on any atom is -0.321 e. The molecular weight excluding hydrogens is 280 g/mol. The molecule has 0 saturated heterocycles. The van der Waals surface area contributed by atoms with E-state index >= 15 is 0 Å². The van der Waals surface area contributed by atoms with Gasteiger partial charge in [-0.05, 0) is 57.0 Å². The molecule has 0 N–H and O–H groups in total. The van der Waals surface area contributed by atoms with E-state index in [9.17, 15) is 0 Å². The normalized spacial score (nSPS) is 12.8. The number of hydrogen-bond donors (Lipinski definition) is 0. The van der Waals surface area contributed by atoms with Crippen molar-refractivity contribution < 1.29 is 0 Å². The Kier molecular flexibility index (Phi) is 3.50. The van der Waals surface area contributed by atoms with Crippen molar-refractivity contribution in [2.24, 2.45) is 0 Å². The Balaban J connectivity index is 2.21. The number of nitrogens with zero attached hydrogens (tertiary/aromatic N) is 2. The molecule has 1 aromatic heterocycles. The van der Waals surface area contributed by atoms with Crippen LogP contribution in [0.4, 0.5) is 0 Å². The predicted octanol–water partition coefficient (Wildman–Crippen LogP) is 5.22. The van der Waals surface area contributed by atoms with Gasteiger partial charge in [0.05, 0.1) is 17.1 Å². The van der Waals surface area contributed by atoms with Crippen LogP contribution >= 0.6 is 11.6 Å². The Hall–Kier alpha value is -1.80. The number of fused-ring (bicyclic) bond motifs is 1. The SMILES string of the molecule is Cc1ccc(C)c(C(C)n2c(C)nc3ccc(Cl)cc32)c1. The van der Waals surface area contributed by atoms with Crippen molar-refractivity contribution in [2.75, 3.05) is 0 Å². The first kappa shape index (κ1) is 14.2. The lowest BCUT2D eigenvalue weighted by atomic mass is 9.99. The summed E-state index contributed by atoms with van der Waals surface area (Å²) in [4.78, 5) is 4.66. The predicted molar refractivity (Wildman–Crippen MR) is 89.2 cm³/mol. The minimum absolute atomic E-state index is 0.230. The van der Waals surface area contributed by atoms with Crippen molar-refractivity contribution in [3.63, 3.8) is 0 Å². The molecule has 0 fully saturated rings. The summed E-state index contributed by atoms with van der Waals surface area (Å²) < 4.78 is 2.27. The highest BCUT2D eigenvalue weighted by atomic mass is 35.5. The van der Waals surface area contributed by atoms with Crippen LogP contribution in [0, 0.1) is 20.8 Å². The standard InChI is InChI=1S/C18H19ClN2/c1-11-5-6-12(2)16(9-11)13(3)21-14(4)20-17-8-7-15(19)10-18(17)21/h5-10,13H,1-4H3. The average Bonchev–Trinajstić information content (AvgIpc) is 2.76. The second kappa shape index (κ2) is 5.19. The van der Waals surface area contributed by atoms with E-state index in [-0.39, 0.29) is 6.04 Å². The van der Waals surface area contributed by atoms with E-state index in [1.54, 1.807) is 0 Å². The molecule has 0 saturated carbocycles. The molecule has 1 atom stereocenters. The second-order valence-electron chi connectivity index (χ2n) is 5.70. The fraction of sp³-hybridized carbons (Fsp3) is 0.278. The molecule has 0 amide bonds. The van der Waals surface area contributed by atoms with E-state index < -0.39 is 0 Å². The molecule has 1 unspecified atom stereocenters. The summed E-state index contributed by atoms with van der Waals surface area (Å²) in [5.41, 5.74) is 6.00. The molecule has 3 rings (SSSR count). The lowest BCUT2D eigenvalue weighted by Gasteiger charge is -2.19. The maximum Gasteiger partial charge on any atom is 0.107 e. The van der Waals surface area contributed by atoms with Gasteiger partial charge in [-0.2, -0.15) is 0 Å². The van der Waals surface area contributed by atoms with Gasteiger partial charge in [-0.3, -0.25) is 0 Å². The van der Waals surface area contributed by atoms with E-state index in [0.29, 0.717) is 0 Å². The van der Waals surface area contributed by atoms with Gasteiger partial charge in [0.2, 0.25) is 0 Å². The highest BCUT2D eigenvalue weighted by Gasteiger charge is 2.16. The number of imidazole rings is 1. The lowest BCUT2D eigenvalue weighted by Crippen LogP contribution is -2.10. The van der Waals surface area contributed by atoms with E-state index in [2.05, 4.69) is 55.4 Å². The maximum absolute atomic E-state index is 6.17. The third-order valence-electron chi connectivity index (χ3n) is 4.10. The average molecular weight is 299 g/mol. The van der Waals surface area contributed by atoms with Crippen molar-refractivity contribution in [3.05, 3.63) is 63.9 Å². The number of aryl methyl sites for hydroxylation is 3. The molecular formula is C18H19ClN2.